The maximum absolute atomic E-state index is 6.38. The average Bonchev–Trinajstić information content (AvgIpc) is 1.08. The number of hydrogen-bond donors (Lipinski definition) is 0. The predicted octanol–water partition coefficient (Wildman–Crippen LogP) is 24.0. The third-order valence-electron chi connectivity index (χ3n) is 15.8. The fraction of sp³-hybridized carbons (Fsp3) is 0.150. The van der Waals surface area contributed by atoms with Gasteiger partial charge in [0.15, 0.2) is 0 Å². The number of unbranched alkanes of at least 4 members (excludes halogenated alkanes) is 1. The van der Waals surface area contributed by atoms with Crippen LogP contribution in [0.4, 0.5) is 34.1 Å². The minimum atomic E-state index is 0.601. The number of aryl methyl sites for hydroxylation is 4. The van der Waals surface area contributed by atoms with Gasteiger partial charge in [0.2, 0.25) is 0 Å². The number of anilines is 6. The monoisotopic (exact) mass is 1160 g/mol. The molecule has 0 saturated carbocycles. The molecule has 0 radical (unpaired) electrons. The van der Waals surface area contributed by atoms with Gasteiger partial charge in [-0.3, -0.25) is 0 Å². The average molecular weight is 1160 g/mol. The van der Waals surface area contributed by atoms with Crippen molar-refractivity contribution in [3.05, 3.63) is 283 Å². The van der Waals surface area contributed by atoms with E-state index in [9.17, 15) is 0 Å². The highest BCUT2D eigenvalue weighted by atomic mass is 32.1. The van der Waals surface area contributed by atoms with Gasteiger partial charge in [-0.15, -0.1) is 22.7 Å². The number of hydrogen-bond acceptors (Lipinski definition) is 6. The largest absolute Gasteiger partial charge is 0.493 e. The van der Waals surface area contributed by atoms with Gasteiger partial charge in [-0.05, 0) is 187 Å². The van der Waals surface area contributed by atoms with Gasteiger partial charge in [-0.1, -0.05) is 183 Å². The van der Waals surface area contributed by atoms with E-state index in [0.29, 0.717) is 6.61 Å². The van der Waals surface area contributed by atoms with Crippen LogP contribution in [0.25, 0.3) is 73.0 Å². The van der Waals surface area contributed by atoms with Crippen LogP contribution in [0.3, 0.4) is 0 Å². The van der Waals surface area contributed by atoms with Crippen molar-refractivity contribution in [2.45, 2.75) is 67.4 Å². The summed E-state index contributed by atoms with van der Waals surface area (Å²) in [5.74, 6) is 0.958. The van der Waals surface area contributed by atoms with E-state index in [1.54, 1.807) is 0 Å². The summed E-state index contributed by atoms with van der Waals surface area (Å²) in [6.45, 7) is 15.0. The highest BCUT2D eigenvalue weighted by molar-refractivity contribution is 7.26. The SMILES string of the molecule is CCCCOc1ccc2cc(C)ccc2c1-c1c(COCCC)ccc2cc(C)ccc12.Cc1cccc(N(c2ccccc2)c2ccc3sc4ccccc4c3c2)c1.Cc1cccc(N(c2ccccc2)c2ccc3sc4ccccc4c3c2)c1. The zero-order valence-electron chi connectivity index (χ0n) is 50.0. The molecule has 14 aromatic rings. The number of ether oxygens (including phenoxy) is 2. The van der Waals surface area contributed by atoms with Gasteiger partial charge < -0.3 is 19.3 Å². The van der Waals surface area contributed by atoms with E-state index in [0.717, 1.165) is 38.2 Å². The highest BCUT2D eigenvalue weighted by Crippen LogP contribution is 2.45. The lowest BCUT2D eigenvalue weighted by molar-refractivity contribution is 0.122. The molecular formula is C80H72N2O2S2. The quantitative estimate of drug-likeness (QED) is 0.0955. The highest BCUT2D eigenvalue weighted by Gasteiger charge is 2.20. The van der Waals surface area contributed by atoms with Crippen LogP contribution in [0.2, 0.25) is 0 Å². The molecular weight excluding hydrogens is 1090 g/mol. The first-order chi connectivity index (χ1) is 42.2. The van der Waals surface area contributed by atoms with Gasteiger partial charge in [0.05, 0.1) is 13.2 Å². The molecule has 426 valence electrons. The first kappa shape index (κ1) is 57.4. The molecule has 14 rings (SSSR count). The molecule has 0 bridgehead atoms. The molecule has 0 fully saturated rings. The Morgan fingerprint density at radius 1 is 0.326 bits per heavy atom. The molecule has 0 amide bonds. The van der Waals surface area contributed by atoms with E-state index in [2.05, 4.69) is 306 Å². The van der Waals surface area contributed by atoms with Crippen LogP contribution in [-0.2, 0) is 11.3 Å². The fourth-order valence-electron chi connectivity index (χ4n) is 11.7. The Labute approximate surface area is 514 Å². The van der Waals surface area contributed by atoms with Crippen LogP contribution in [0.1, 0.15) is 60.9 Å². The fourth-order valence-corrected chi connectivity index (χ4v) is 13.8. The Balaban J connectivity index is 0.000000127. The Kier molecular flexibility index (Phi) is 17.7. The number of benzene rings is 12. The zero-order valence-corrected chi connectivity index (χ0v) is 51.7. The first-order valence-electron chi connectivity index (χ1n) is 30.1. The summed E-state index contributed by atoms with van der Waals surface area (Å²) in [7, 11) is 0. The van der Waals surface area contributed by atoms with Gasteiger partial charge in [0.25, 0.3) is 0 Å². The molecule has 12 aromatic carbocycles. The molecule has 0 saturated heterocycles. The zero-order chi connectivity index (χ0) is 58.9. The van der Waals surface area contributed by atoms with Crippen LogP contribution >= 0.6 is 22.7 Å². The van der Waals surface area contributed by atoms with Crippen molar-refractivity contribution >= 4 is 119 Å². The van der Waals surface area contributed by atoms with Crippen molar-refractivity contribution in [1.82, 2.24) is 0 Å². The Hall–Kier alpha value is -9.04. The van der Waals surface area contributed by atoms with Crippen LogP contribution < -0.4 is 14.5 Å². The molecule has 0 unspecified atom stereocenters. The molecule has 0 atom stereocenters. The summed E-state index contributed by atoms with van der Waals surface area (Å²) in [4.78, 5) is 4.66. The van der Waals surface area contributed by atoms with E-state index >= 15 is 0 Å². The van der Waals surface area contributed by atoms with Gasteiger partial charge in [0.1, 0.15) is 5.75 Å². The maximum atomic E-state index is 6.38. The molecule has 0 aliphatic carbocycles. The molecule has 0 aliphatic heterocycles. The minimum absolute atomic E-state index is 0.601. The molecule has 0 spiro atoms. The van der Waals surface area contributed by atoms with Crippen LogP contribution in [0.15, 0.2) is 255 Å². The summed E-state index contributed by atoms with van der Waals surface area (Å²) in [6.07, 6.45) is 3.18. The minimum Gasteiger partial charge on any atom is -0.493 e. The Morgan fingerprint density at radius 3 is 1.29 bits per heavy atom. The lowest BCUT2D eigenvalue weighted by Crippen LogP contribution is -2.09. The molecule has 2 aromatic heterocycles. The molecule has 6 heteroatoms. The number of thiophene rings is 2. The molecule has 0 N–H and O–H groups in total. The molecule has 86 heavy (non-hydrogen) atoms. The third kappa shape index (κ3) is 12.5. The summed E-state index contributed by atoms with van der Waals surface area (Å²) < 4.78 is 17.8. The lowest BCUT2D eigenvalue weighted by atomic mass is 9.89. The summed E-state index contributed by atoms with van der Waals surface area (Å²) in [5.41, 5.74) is 15.8. The van der Waals surface area contributed by atoms with E-state index in [-0.39, 0.29) is 0 Å². The smallest absolute Gasteiger partial charge is 0.127 e. The van der Waals surface area contributed by atoms with E-state index in [1.165, 1.54) is 135 Å². The molecule has 0 aliphatic rings. The van der Waals surface area contributed by atoms with Crippen LogP contribution in [-0.4, -0.2) is 13.2 Å². The van der Waals surface area contributed by atoms with E-state index in [1.807, 2.05) is 22.7 Å². The molecule has 4 nitrogen and oxygen atoms in total. The second kappa shape index (κ2) is 26.5. The first-order valence-corrected chi connectivity index (χ1v) is 31.8. The summed E-state index contributed by atoms with van der Waals surface area (Å²) >= 11 is 3.72. The third-order valence-corrected chi connectivity index (χ3v) is 18.1. The van der Waals surface area contributed by atoms with Crippen LogP contribution in [0, 0.1) is 27.7 Å². The van der Waals surface area contributed by atoms with Gasteiger partial charge in [0, 0.05) is 86.6 Å². The van der Waals surface area contributed by atoms with Gasteiger partial charge in [-0.2, -0.15) is 0 Å². The van der Waals surface area contributed by atoms with E-state index in [4.69, 9.17) is 9.47 Å². The van der Waals surface area contributed by atoms with Crippen LogP contribution in [0.5, 0.6) is 5.75 Å². The van der Waals surface area contributed by atoms with Crippen molar-refractivity contribution in [3.63, 3.8) is 0 Å². The summed E-state index contributed by atoms with van der Waals surface area (Å²) in [5, 5.41) is 10.3. The van der Waals surface area contributed by atoms with E-state index < -0.39 is 0 Å². The Bertz CT molecular complexity index is 4340. The predicted molar refractivity (Wildman–Crippen MR) is 374 cm³/mol. The van der Waals surface area contributed by atoms with Crippen molar-refractivity contribution in [2.75, 3.05) is 23.0 Å². The number of fused-ring (bicyclic) bond motifs is 8. The number of para-hydroxylation sites is 2. The second-order valence-corrected chi connectivity index (χ2v) is 24.5. The molecule has 2 heterocycles. The number of rotatable bonds is 15. The van der Waals surface area contributed by atoms with Crippen molar-refractivity contribution < 1.29 is 9.47 Å². The Morgan fingerprint density at radius 2 is 0.779 bits per heavy atom. The standard InChI is InChI=1S/C30H34O2.2C25H19NS/c1-5-7-17-32-28-15-12-24-19-22(4)9-14-27(24)30(28)29-25(20-31-16-6-2)11-10-23-18-21(3)8-13-26(23)29;2*1-18-8-7-11-20(16-18)26(19-9-3-2-4-10-19)21-14-15-25-23(17-21)22-12-5-6-13-24(22)27-25/h8-15,18-19H,5-7,16-17,20H2,1-4H3;2*2-17H,1H3. The maximum Gasteiger partial charge on any atom is 0.127 e. The van der Waals surface area contributed by atoms with Crippen molar-refractivity contribution in [1.29, 1.82) is 0 Å². The lowest BCUT2D eigenvalue weighted by Gasteiger charge is -2.26. The second-order valence-electron chi connectivity index (χ2n) is 22.3. The van der Waals surface area contributed by atoms with Crippen molar-refractivity contribution in [2.24, 2.45) is 0 Å². The van der Waals surface area contributed by atoms with Gasteiger partial charge in [-0.25, -0.2) is 0 Å². The number of nitrogens with zero attached hydrogens (tertiary/aromatic N) is 2. The van der Waals surface area contributed by atoms with Crippen molar-refractivity contribution in [3.8, 4) is 16.9 Å². The topological polar surface area (TPSA) is 24.9 Å². The van der Waals surface area contributed by atoms with Gasteiger partial charge >= 0.3 is 0 Å². The summed E-state index contributed by atoms with van der Waals surface area (Å²) in [6, 6.07) is 91.7. The normalized spacial score (nSPS) is 11.2.